The van der Waals surface area contributed by atoms with Gasteiger partial charge in [-0.2, -0.15) is 0 Å². The van der Waals surface area contributed by atoms with Crippen LogP contribution in [0.5, 0.6) is 0 Å². The third-order valence-corrected chi connectivity index (χ3v) is 6.13. The lowest BCUT2D eigenvalue weighted by atomic mass is 9.78. The van der Waals surface area contributed by atoms with E-state index in [1.165, 1.54) is 7.11 Å². The molecule has 2 aromatic carbocycles. The number of rotatable bonds is 7. The minimum atomic E-state index is -2.12. The SMILES string of the molecule is COC(=O)C[C@H]1N(C(=O)c2ccccc2)[C@@H](c2ccccc2)[C@@]1(OC)O[Si](C)(C)C. The number of hydrogen-bond acceptors (Lipinski definition) is 5. The molecule has 0 aliphatic carbocycles. The standard InChI is InChI=1S/C23H29NO5Si/c1-27-20(25)16-19-23(28-2,29-30(3,4)5)21(17-12-8-6-9-13-17)24(19)22(26)18-14-10-7-11-15-18/h6-15,19,21H,16H2,1-5H3/t19-,21+,23+/m1/s1. The maximum atomic E-state index is 13.5. The summed E-state index contributed by atoms with van der Waals surface area (Å²) in [6, 6.07) is 17.6. The van der Waals surface area contributed by atoms with E-state index in [1.807, 2.05) is 48.5 Å². The molecule has 1 fully saturated rings. The minimum Gasteiger partial charge on any atom is -0.469 e. The number of hydrogen-bond donors (Lipinski definition) is 0. The summed E-state index contributed by atoms with van der Waals surface area (Å²) in [7, 11) is 0.794. The molecule has 1 aliphatic rings. The van der Waals surface area contributed by atoms with Crippen LogP contribution in [0.3, 0.4) is 0 Å². The van der Waals surface area contributed by atoms with Crippen molar-refractivity contribution in [1.82, 2.24) is 4.90 Å². The lowest BCUT2D eigenvalue weighted by Gasteiger charge is -2.63. The lowest BCUT2D eigenvalue weighted by molar-refractivity contribution is -0.310. The first-order valence-electron chi connectivity index (χ1n) is 9.98. The molecule has 1 saturated heterocycles. The highest BCUT2D eigenvalue weighted by Gasteiger charge is 2.66. The van der Waals surface area contributed by atoms with Crippen molar-refractivity contribution in [2.75, 3.05) is 14.2 Å². The normalized spacial score (nSPS) is 23.6. The molecule has 7 heteroatoms. The van der Waals surface area contributed by atoms with Gasteiger partial charge in [-0.3, -0.25) is 9.59 Å². The van der Waals surface area contributed by atoms with Gasteiger partial charge in [0.2, 0.25) is 5.79 Å². The van der Waals surface area contributed by atoms with Crippen LogP contribution in [-0.4, -0.2) is 51.1 Å². The zero-order valence-corrected chi connectivity index (χ0v) is 19.1. The lowest BCUT2D eigenvalue weighted by Crippen LogP contribution is -2.76. The first-order valence-corrected chi connectivity index (χ1v) is 13.4. The second kappa shape index (κ2) is 8.71. The van der Waals surface area contributed by atoms with Crippen molar-refractivity contribution in [3.63, 3.8) is 0 Å². The van der Waals surface area contributed by atoms with Crippen LogP contribution in [0.25, 0.3) is 0 Å². The van der Waals surface area contributed by atoms with Gasteiger partial charge in [0.25, 0.3) is 5.91 Å². The summed E-state index contributed by atoms with van der Waals surface area (Å²) in [5.74, 6) is -1.73. The van der Waals surface area contributed by atoms with Crippen molar-refractivity contribution in [3.8, 4) is 0 Å². The number of esters is 1. The molecular weight excluding hydrogens is 398 g/mol. The first kappa shape index (κ1) is 22.2. The molecule has 2 aromatic rings. The molecule has 3 atom stereocenters. The number of amides is 1. The van der Waals surface area contributed by atoms with Crippen molar-refractivity contribution < 1.29 is 23.5 Å². The maximum absolute atomic E-state index is 13.5. The summed E-state index contributed by atoms with van der Waals surface area (Å²) in [6.07, 6.45) is -0.0171. The average Bonchev–Trinajstić information content (AvgIpc) is 2.74. The van der Waals surface area contributed by atoms with Crippen LogP contribution < -0.4 is 0 Å². The van der Waals surface area contributed by atoms with E-state index < -0.39 is 32.2 Å². The topological polar surface area (TPSA) is 65.1 Å². The van der Waals surface area contributed by atoms with Crippen molar-refractivity contribution in [1.29, 1.82) is 0 Å². The van der Waals surface area contributed by atoms with Crippen molar-refractivity contribution in [2.45, 2.75) is 43.9 Å². The molecule has 160 valence electrons. The molecule has 0 unspecified atom stereocenters. The van der Waals surface area contributed by atoms with Gasteiger partial charge >= 0.3 is 5.97 Å². The summed E-state index contributed by atoms with van der Waals surface area (Å²) >= 11 is 0. The molecule has 0 saturated carbocycles. The van der Waals surface area contributed by atoms with E-state index in [2.05, 4.69) is 19.6 Å². The predicted molar refractivity (Wildman–Crippen MR) is 116 cm³/mol. The Morgan fingerprint density at radius 3 is 2.03 bits per heavy atom. The highest BCUT2D eigenvalue weighted by molar-refractivity contribution is 6.69. The molecule has 0 aromatic heterocycles. The molecule has 1 heterocycles. The Kier molecular flexibility index (Phi) is 6.45. The fraction of sp³-hybridized carbons (Fsp3) is 0.391. The number of methoxy groups -OCH3 is 2. The Morgan fingerprint density at radius 1 is 0.967 bits per heavy atom. The van der Waals surface area contributed by atoms with Crippen molar-refractivity contribution in [2.24, 2.45) is 0 Å². The van der Waals surface area contributed by atoms with Crippen LogP contribution in [0.4, 0.5) is 0 Å². The summed E-state index contributed by atoms with van der Waals surface area (Å²) in [5, 5.41) is 0. The van der Waals surface area contributed by atoms with Gasteiger partial charge in [0.15, 0.2) is 8.32 Å². The minimum absolute atomic E-state index is 0.0171. The zero-order valence-electron chi connectivity index (χ0n) is 18.1. The molecule has 30 heavy (non-hydrogen) atoms. The molecule has 1 amide bonds. The van der Waals surface area contributed by atoms with Crippen LogP contribution >= 0.6 is 0 Å². The van der Waals surface area contributed by atoms with Crippen LogP contribution in [0.2, 0.25) is 19.6 Å². The smallest absolute Gasteiger partial charge is 0.307 e. The number of carbonyl (C=O) groups excluding carboxylic acids is 2. The first-order chi connectivity index (χ1) is 14.2. The molecular formula is C23H29NO5Si. The molecule has 6 nitrogen and oxygen atoms in total. The summed E-state index contributed by atoms with van der Waals surface area (Å²) in [4.78, 5) is 27.5. The van der Waals surface area contributed by atoms with Gasteiger partial charge in [0.1, 0.15) is 6.04 Å². The fourth-order valence-corrected chi connectivity index (χ4v) is 5.35. The monoisotopic (exact) mass is 427 g/mol. The number of carbonyl (C=O) groups is 2. The number of likely N-dealkylation sites (tertiary alicyclic amines) is 1. The molecule has 0 radical (unpaired) electrons. The second-order valence-electron chi connectivity index (χ2n) is 8.33. The number of ether oxygens (including phenoxy) is 2. The second-order valence-corrected chi connectivity index (χ2v) is 12.8. The van der Waals surface area contributed by atoms with Gasteiger partial charge in [-0.25, -0.2) is 0 Å². The van der Waals surface area contributed by atoms with Gasteiger partial charge in [0, 0.05) is 12.7 Å². The van der Waals surface area contributed by atoms with E-state index in [4.69, 9.17) is 13.9 Å². The van der Waals surface area contributed by atoms with Crippen LogP contribution in [0.15, 0.2) is 60.7 Å². The Morgan fingerprint density at radius 2 is 1.53 bits per heavy atom. The maximum Gasteiger partial charge on any atom is 0.307 e. The van der Waals surface area contributed by atoms with Crippen LogP contribution in [0.1, 0.15) is 28.4 Å². The van der Waals surface area contributed by atoms with E-state index >= 15 is 0 Å². The van der Waals surface area contributed by atoms with Crippen molar-refractivity contribution in [3.05, 3.63) is 71.8 Å². The third kappa shape index (κ3) is 4.19. The Labute approximate surface area is 178 Å². The largest absolute Gasteiger partial charge is 0.469 e. The van der Waals surface area contributed by atoms with E-state index in [0.29, 0.717) is 5.56 Å². The summed E-state index contributed by atoms with van der Waals surface area (Å²) < 4.78 is 17.5. The van der Waals surface area contributed by atoms with E-state index in [1.54, 1.807) is 24.1 Å². The van der Waals surface area contributed by atoms with Crippen molar-refractivity contribution >= 4 is 20.2 Å². The summed E-state index contributed by atoms with van der Waals surface area (Å²) in [5.41, 5.74) is 1.44. The van der Waals surface area contributed by atoms with Gasteiger partial charge < -0.3 is 18.8 Å². The molecule has 1 aliphatic heterocycles. The number of nitrogens with zero attached hydrogens (tertiary/aromatic N) is 1. The number of benzene rings is 2. The Hall–Kier alpha value is -2.48. The predicted octanol–water partition coefficient (Wildman–Crippen LogP) is 4.01. The van der Waals surface area contributed by atoms with E-state index in [9.17, 15) is 9.59 Å². The van der Waals surface area contributed by atoms with Gasteiger partial charge in [-0.05, 0) is 37.3 Å². The highest BCUT2D eigenvalue weighted by Crippen LogP contribution is 2.53. The fourth-order valence-electron chi connectivity index (χ4n) is 4.06. The van der Waals surface area contributed by atoms with Gasteiger partial charge in [-0.15, -0.1) is 0 Å². The Bertz CT molecular complexity index is 883. The molecule has 0 bridgehead atoms. The van der Waals surface area contributed by atoms with Crippen LogP contribution in [0, 0.1) is 0 Å². The molecule has 3 rings (SSSR count). The third-order valence-electron chi connectivity index (χ3n) is 5.20. The van der Waals surface area contributed by atoms with E-state index in [-0.39, 0.29) is 12.3 Å². The highest BCUT2D eigenvalue weighted by atomic mass is 28.4. The van der Waals surface area contributed by atoms with Gasteiger partial charge in [0.05, 0.1) is 19.6 Å². The quantitative estimate of drug-likeness (QED) is 0.379. The molecule has 0 N–H and O–H groups in total. The Balaban J connectivity index is 2.12. The molecule has 0 spiro atoms. The average molecular weight is 428 g/mol. The van der Waals surface area contributed by atoms with E-state index in [0.717, 1.165) is 5.56 Å². The van der Waals surface area contributed by atoms with Gasteiger partial charge in [-0.1, -0.05) is 48.5 Å². The zero-order chi connectivity index (χ0) is 21.9. The summed E-state index contributed by atoms with van der Waals surface area (Å²) in [6.45, 7) is 6.19. The van der Waals surface area contributed by atoms with Crippen LogP contribution in [-0.2, 0) is 18.7 Å².